The number of rotatable bonds is 4. The van der Waals surface area contributed by atoms with Crippen molar-refractivity contribution < 1.29 is 4.74 Å². The smallest absolute Gasteiger partial charge is 0.122 e. The maximum Gasteiger partial charge on any atom is 0.122 e. The summed E-state index contributed by atoms with van der Waals surface area (Å²) in [5.74, 6) is 1.91. The van der Waals surface area contributed by atoms with E-state index in [9.17, 15) is 0 Å². The predicted octanol–water partition coefficient (Wildman–Crippen LogP) is 4.24. The van der Waals surface area contributed by atoms with E-state index in [1.807, 2.05) is 0 Å². The van der Waals surface area contributed by atoms with Crippen LogP contribution in [-0.4, -0.2) is 12.6 Å². The van der Waals surface area contributed by atoms with E-state index < -0.39 is 0 Å². The summed E-state index contributed by atoms with van der Waals surface area (Å²) in [6, 6.07) is 7.95. The van der Waals surface area contributed by atoms with Crippen LogP contribution >= 0.6 is 0 Å². The zero-order valence-electron chi connectivity index (χ0n) is 12.8. The van der Waals surface area contributed by atoms with Crippen LogP contribution in [0.5, 0.6) is 5.75 Å². The Morgan fingerprint density at radius 2 is 2.15 bits per heavy atom. The molecule has 2 aliphatic rings. The molecular weight excluding hydrogens is 246 g/mol. The minimum Gasteiger partial charge on any atom is -0.493 e. The fourth-order valence-corrected chi connectivity index (χ4v) is 3.70. The van der Waals surface area contributed by atoms with E-state index in [1.165, 1.54) is 36.8 Å². The fourth-order valence-electron chi connectivity index (χ4n) is 3.70. The van der Waals surface area contributed by atoms with Gasteiger partial charge >= 0.3 is 0 Å². The normalized spacial score (nSPS) is 26.9. The minimum atomic E-state index is 0.492. The second-order valence-corrected chi connectivity index (χ2v) is 6.46. The Morgan fingerprint density at radius 3 is 2.95 bits per heavy atom. The molecule has 1 heterocycles. The van der Waals surface area contributed by atoms with Crippen LogP contribution in [0, 0.1) is 5.92 Å². The Kier molecular flexibility index (Phi) is 4.30. The van der Waals surface area contributed by atoms with Crippen LogP contribution in [0.4, 0.5) is 0 Å². The van der Waals surface area contributed by atoms with Crippen LogP contribution in [-0.2, 0) is 6.42 Å². The summed E-state index contributed by atoms with van der Waals surface area (Å²) in [7, 11) is 0. The van der Waals surface area contributed by atoms with Crippen molar-refractivity contribution >= 4 is 0 Å². The van der Waals surface area contributed by atoms with Crippen molar-refractivity contribution in [3.05, 3.63) is 29.3 Å². The predicted molar refractivity (Wildman–Crippen MR) is 83.2 cm³/mol. The van der Waals surface area contributed by atoms with Crippen molar-refractivity contribution in [1.82, 2.24) is 5.32 Å². The molecule has 1 saturated carbocycles. The average molecular weight is 273 g/mol. The van der Waals surface area contributed by atoms with Gasteiger partial charge in [0, 0.05) is 18.5 Å². The largest absolute Gasteiger partial charge is 0.493 e. The molecule has 0 saturated heterocycles. The van der Waals surface area contributed by atoms with Crippen LogP contribution in [0.15, 0.2) is 18.2 Å². The average Bonchev–Trinajstić information content (AvgIpc) is 2.94. The number of benzene rings is 1. The zero-order chi connectivity index (χ0) is 13.9. The van der Waals surface area contributed by atoms with E-state index in [4.69, 9.17) is 4.74 Å². The second kappa shape index (κ2) is 6.17. The summed E-state index contributed by atoms with van der Waals surface area (Å²) >= 11 is 0. The molecule has 1 aromatic carbocycles. The maximum absolute atomic E-state index is 5.61. The molecular formula is C18H27NO. The Labute approximate surface area is 122 Å². The highest BCUT2D eigenvalue weighted by atomic mass is 16.5. The van der Waals surface area contributed by atoms with E-state index in [2.05, 4.69) is 37.4 Å². The van der Waals surface area contributed by atoms with Crippen molar-refractivity contribution in [2.45, 2.75) is 64.5 Å². The summed E-state index contributed by atoms with van der Waals surface area (Å²) in [6.07, 6.45) is 7.74. The quantitative estimate of drug-likeness (QED) is 0.886. The Balaban J connectivity index is 1.72. The lowest BCUT2D eigenvalue weighted by atomic mass is 9.85. The van der Waals surface area contributed by atoms with E-state index in [0.29, 0.717) is 12.1 Å². The van der Waals surface area contributed by atoms with Crippen molar-refractivity contribution in [3.63, 3.8) is 0 Å². The van der Waals surface area contributed by atoms with Gasteiger partial charge in [-0.2, -0.15) is 0 Å². The molecule has 20 heavy (non-hydrogen) atoms. The molecule has 110 valence electrons. The summed E-state index contributed by atoms with van der Waals surface area (Å²) in [4.78, 5) is 0. The first kappa shape index (κ1) is 13.9. The fraction of sp³-hybridized carbons (Fsp3) is 0.667. The number of nitrogens with one attached hydrogen (secondary N) is 1. The topological polar surface area (TPSA) is 21.3 Å². The number of hydrogen-bond acceptors (Lipinski definition) is 2. The van der Waals surface area contributed by atoms with Gasteiger partial charge in [-0.05, 0) is 42.4 Å². The lowest BCUT2D eigenvalue weighted by molar-refractivity contribution is 0.256. The molecule has 2 nitrogen and oxygen atoms in total. The molecule has 0 aromatic heterocycles. The van der Waals surface area contributed by atoms with Gasteiger partial charge in [0.1, 0.15) is 5.75 Å². The molecule has 0 spiro atoms. The van der Waals surface area contributed by atoms with Crippen LogP contribution in [0.3, 0.4) is 0 Å². The Hall–Kier alpha value is -1.02. The third kappa shape index (κ3) is 2.85. The van der Waals surface area contributed by atoms with Gasteiger partial charge in [0.05, 0.1) is 6.61 Å². The van der Waals surface area contributed by atoms with Gasteiger partial charge in [-0.3, -0.25) is 0 Å². The standard InChI is InChI=1S/C18H27NO/c1-3-16(19-17-7-5-4-6-13(17)2)14-8-9-18-15(12-14)10-11-20-18/h8-9,12-13,16-17,19H,3-7,10-11H2,1-2H3. The molecule has 1 aliphatic heterocycles. The SMILES string of the molecule is CCC(NC1CCCCC1C)c1ccc2c(c1)CCO2. The molecule has 3 atom stereocenters. The number of hydrogen-bond donors (Lipinski definition) is 1. The van der Waals surface area contributed by atoms with E-state index in [0.717, 1.165) is 31.1 Å². The van der Waals surface area contributed by atoms with Gasteiger partial charge in [0.2, 0.25) is 0 Å². The summed E-state index contributed by atoms with van der Waals surface area (Å²) in [6.45, 7) is 5.54. The van der Waals surface area contributed by atoms with Gasteiger partial charge in [-0.25, -0.2) is 0 Å². The minimum absolute atomic E-state index is 0.492. The summed E-state index contributed by atoms with van der Waals surface area (Å²) in [5, 5.41) is 3.92. The van der Waals surface area contributed by atoms with Crippen molar-refractivity contribution in [1.29, 1.82) is 0 Å². The Morgan fingerprint density at radius 1 is 1.30 bits per heavy atom. The molecule has 3 unspecified atom stereocenters. The first-order chi connectivity index (χ1) is 9.78. The third-order valence-electron chi connectivity index (χ3n) is 5.05. The van der Waals surface area contributed by atoms with Crippen molar-refractivity contribution in [2.24, 2.45) is 5.92 Å². The summed E-state index contributed by atoms with van der Waals surface area (Å²) in [5.41, 5.74) is 2.83. The van der Waals surface area contributed by atoms with Gasteiger partial charge in [0.25, 0.3) is 0 Å². The van der Waals surface area contributed by atoms with Crippen LogP contribution in [0.1, 0.15) is 63.1 Å². The van der Waals surface area contributed by atoms with Gasteiger partial charge in [-0.15, -0.1) is 0 Å². The highest BCUT2D eigenvalue weighted by molar-refractivity contribution is 5.40. The number of fused-ring (bicyclic) bond motifs is 1. The molecule has 0 bridgehead atoms. The van der Waals surface area contributed by atoms with Gasteiger partial charge in [0.15, 0.2) is 0 Å². The lowest BCUT2D eigenvalue weighted by Crippen LogP contribution is -2.39. The number of ether oxygens (including phenoxy) is 1. The highest BCUT2D eigenvalue weighted by Crippen LogP contribution is 2.31. The first-order valence-electron chi connectivity index (χ1n) is 8.29. The van der Waals surface area contributed by atoms with Gasteiger partial charge in [-0.1, -0.05) is 38.8 Å². The third-order valence-corrected chi connectivity index (χ3v) is 5.05. The molecule has 1 N–H and O–H groups in total. The van der Waals surface area contributed by atoms with E-state index >= 15 is 0 Å². The first-order valence-corrected chi connectivity index (χ1v) is 8.29. The highest BCUT2D eigenvalue weighted by Gasteiger charge is 2.24. The van der Waals surface area contributed by atoms with E-state index in [1.54, 1.807) is 0 Å². The zero-order valence-corrected chi connectivity index (χ0v) is 12.8. The second-order valence-electron chi connectivity index (χ2n) is 6.46. The van der Waals surface area contributed by atoms with Crippen molar-refractivity contribution in [3.8, 4) is 5.75 Å². The van der Waals surface area contributed by atoms with E-state index in [-0.39, 0.29) is 0 Å². The molecule has 1 aliphatic carbocycles. The molecule has 3 rings (SSSR count). The molecule has 0 amide bonds. The summed E-state index contributed by atoms with van der Waals surface area (Å²) < 4.78 is 5.61. The van der Waals surface area contributed by atoms with Crippen LogP contribution < -0.4 is 10.1 Å². The monoisotopic (exact) mass is 273 g/mol. The molecule has 1 fully saturated rings. The van der Waals surface area contributed by atoms with Crippen LogP contribution in [0.25, 0.3) is 0 Å². The Bertz CT molecular complexity index is 457. The molecule has 1 aromatic rings. The lowest BCUT2D eigenvalue weighted by Gasteiger charge is -2.33. The molecule has 2 heteroatoms. The maximum atomic E-state index is 5.61. The van der Waals surface area contributed by atoms with Gasteiger partial charge < -0.3 is 10.1 Å². The molecule has 0 radical (unpaired) electrons. The van der Waals surface area contributed by atoms with Crippen LogP contribution in [0.2, 0.25) is 0 Å². The van der Waals surface area contributed by atoms with Crippen molar-refractivity contribution in [2.75, 3.05) is 6.61 Å².